The monoisotopic (exact) mass is 336 g/mol. The first-order valence-electron chi connectivity index (χ1n) is 7.05. The van der Waals surface area contributed by atoms with Crippen LogP contribution in [-0.4, -0.2) is 14.8 Å². The molecule has 0 aliphatic carbocycles. The maximum absolute atomic E-state index is 6.20. The molecule has 4 nitrogen and oxygen atoms in total. The Bertz CT molecular complexity index is 531. The highest BCUT2D eigenvalue weighted by Crippen LogP contribution is 2.18. The van der Waals surface area contributed by atoms with Crippen LogP contribution in [0.5, 0.6) is 0 Å². The van der Waals surface area contributed by atoms with Crippen LogP contribution in [0, 0.1) is 0 Å². The molecule has 0 aromatic carbocycles. The number of hydrogen-bond donors (Lipinski definition) is 1. The van der Waals surface area contributed by atoms with Crippen LogP contribution in [0.1, 0.15) is 50.2 Å². The third-order valence-electron chi connectivity index (χ3n) is 3.54. The van der Waals surface area contributed by atoms with Crippen LogP contribution in [0.25, 0.3) is 0 Å². The van der Waals surface area contributed by atoms with Crippen molar-refractivity contribution in [2.75, 3.05) is 0 Å². The molecule has 0 radical (unpaired) electrons. The van der Waals surface area contributed by atoms with Gasteiger partial charge in [0.15, 0.2) is 0 Å². The first kappa shape index (κ1) is 15.2. The van der Waals surface area contributed by atoms with Crippen molar-refractivity contribution in [1.82, 2.24) is 14.8 Å². The fraction of sp³-hybridized carbons (Fsp3) is 0.467. The fourth-order valence-corrected chi connectivity index (χ4v) is 2.52. The van der Waals surface area contributed by atoms with Crippen LogP contribution in [0.15, 0.2) is 35.1 Å². The second kappa shape index (κ2) is 6.99. The van der Waals surface area contributed by atoms with E-state index < -0.39 is 0 Å². The molecule has 2 aromatic heterocycles. The summed E-state index contributed by atoms with van der Waals surface area (Å²) in [6, 6.07) is 6.33. The van der Waals surface area contributed by atoms with Crippen molar-refractivity contribution in [3.63, 3.8) is 0 Å². The summed E-state index contributed by atoms with van der Waals surface area (Å²) in [5.41, 5.74) is 8.12. The molecule has 0 saturated heterocycles. The minimum Gasteiger partial charge on any atom is -0.322 e. The average Bonchev–Trinajstić information content (AvgIpc) is 2.89. The van der Waals surface area contributed by atoms with Crippen molar-refractivity contribution in [2.24, 2.45) is 5.73 Å². The Morgan fingerprint density at radius 1 is 1.25 bits per heavy atom. The Morgan fingerprint density at radius 3 is 2.60 bits per heavy atom. The van der Waals surface area contributed by atoms with Gasteiger partial charge < -0.3 is 5.73 Å². The number of hydrogen-bond acceptors (Lipinski definition) is 3. The molecule has 0 aliphatic heterocycles. The van der Waals surface area contributed by atoms with E-state index in [1.807, 2.05) is 12.1 Å². The van der Waals surface area contributed by atoms with Crippen LogP contribution in [0.2, 0.25) is 0 Å². The molecule has 20 heavy (non-hydrogen) atoms. The molecule has 2 heterocycles. The molecule has 2 aromatic rings. The summed E-state index contributed by atoms with van der Waals surface area (Å²) < 4.78 is 3.02. The lowest BCUT2D eigenvalue weighted by molar-refractivity contribution is 0.424. The van der Waals surface area contributed by atoms with Gasteiger partial charge in [0.1, 0.15) is 0 Å². The molecule has 0 spiro atoms. The van der Waals surface area contributed by atoms with E-state index in [-0.39, 0.29) is 6.04 Å². The zero-order valence-electron chi connectivity index (χ0n) is 12.0. The van der Waals surface area contributed by atoms with E-state index in [1.54, 1.807) is 6.20 Å². The summed E-state index contributed by atoms with van der Waals surface area (Å²) in [5, 5.41) is 4.63. The van der Waals surface area contributed by atoms with Crippen LogP contribution >= 0.6 is 15.9 Å². The van der Waals surface area contributed by atoms with E-state index in [0.717, 1.165) is 28.7 Å². The molecule has 0 amide bonds. The lowest BCUT2D eigenvalue weighted by atomic mass is 10.1. The summed E-state index contributed by atoms with van der Waals surface area (Å²) in [4.78, 5) is 4.34. The predicted octanol–water partition coefficient (Wildman–Crippen LogP) is 3.64. The highest BCUT2D eigenvalue weighted by molar-refractivity contribution is 9.10. The van der Waals surface area contributed by atoms with Crippen molar-refractivity contribution in [3.05, 3.63) is 46.5 Å². The second-order valence-corrected chi connectivity index (χ2v) is 5.88. The highest BCUT2D eigenvalue weighted by atomic mass is 79.9. The van der Waals surface area contributed by atoms with Crippen LogP contribution < -0.4 is 5.73 Å². The topological polar surface area (TPSA) is 56.7 Å². The summed E-state index contributed by atoms with van der Waals surface area (Å²) >= 11 is 3.38. The van der Waals surface area contributed by atoms with Crippen molar-refractivity contribution < 1.29 is 0 Å². The summed E-state index contributed by atoms with van der Waals surface area (Å²) in [6.07, 6.45) is 6.73. The van der Waals surface area contributed by atoms with Gasteiger partial charge in [-0.3, -0.25) is 9.67 Å². The maximum atomic E-state index is 6.20. The van der Waals surface area contributed by atoms with Gasteiger partial charge in [0.2, 0.25) is 0 Å². The minimum absolute atomic E-state index is 0.117. The summed E-state index contributed by atoms with van der Waals surface area (Å²) in [5.74, 6) is 0. The molecule has 5 heteroatoms. The van der Waals surface area contributed by atoms with Gasteiger partial charge in [0.05, 0.1) is 23.5 Å². The van der Waals surface area contributed by atoms with Crippen molar-refractivity contribution >= 4 is 15.9 Å². The van der Waals surface area contributed by atoms with Gasteiger partial charge in [-0.05, 0) is 47.0 Å². The molecule has 0 aliphatic rings. The second-order valence-electron chi connectivity index (χ2n) is 4.97. The van der Waals surface area contributed by atoms with Gasteiger partial charge in [-0.25, -0.2) is 0 Å². The molecule has 0 fully saturated rings. The standard InChI is InChI=1S/C15H21BrN4/c1-3-13(4-2)20-8-7-12(19-20)9-14(17)15-6-5-11(16)10-18-15/h5-8,10,13-14H,3-4,9,17H2,1-2H3. The third-order valence-corrected chi connectivity index (χ3v) is 4.01. The molecule has 2 N–H and O–H groups in total. The van der Waals surface area contributed by atoms with Gasteiger partial charge in [0, 0.05) is 23.3 Å². The van der Waals surface area contributed by atoms with E-state index >= 15 is 0 Å². The SMILES string of the molecule is CCC(CC)n1ccc(CC(N)c2ccc(Br)cn2)n1. The van der Waals surface area contributed by atoms with Gasteiger partial charge in [0.25, 0.3) is 0 Å². The molecule has 0 saturated carbocycles. The Hall–Kier alpha value is -1.20. The van der Waals surface area contributed by atoms with Gasteiger partial charge >= 0.3 is 0 Å². The van der Waals surface area contributed by atoms with E-state index in [2.05, 4.69) is 56.8 Å². The maximum Gasteiger partial charge on any atom is 0.0644 e. The van der Waals surface area contributed by atoms with Crippen molar-refractivity contribution in [3.8, 4) is 0 Å². The number of halogens is 1. The molecule has 0 bridgehead atoms. The normalized spacial score (nSPS) is 12.8. The highest BCUT2D eigenvalue weighted by Gasteiger charge is 2.12. The lowest BCUT2D eigenvalue weighted by Crippen LogP contribution is -2.15. The van der Waals surface area contributed by atoms with Crippen LogP contribution in [0.3, 0.4) is 0 Å². The van der Waals surface area contributed by atoms with Crippen LogP contribution in [0.4, 0.5) is 0 Å². The lowest BCUT2D eigenvalue weighted by Gasteiger charge is -2.13. The summed E-state index contributed by atoms with van der Waals surface area (Å²) in [6.45, 7) is 4.38. The zero-order chi connectivity index (χ0) is 14.5. The number of nitrogens with zero attached hydrogens (tertiary/aromatic N) is 3. The number of aromatic nitrogens is 3. The Balaban J connectivity index is 2.04. The number of rotatable bonds is 6. The fourth-order valence-electron chi connectivity index (χ4n) is 2.29. The predicted molar refractivity (Wildman–Crippen MR) is 84.4 cm³/mol. The van der Waals surface area contributed by atoms with Gasteiger partial charge in [-0.1, -0.05) is 13.8 Å². The molecule has 1 unspecified atom stereocenters. The molecular formula is C15H21BrN4. The number of pyridine rings is 1. The van der Waals surface area contributed by atoms with Crippen molar-refractivity contribution in [1.29, 1.82) is 0 Å². The Kier molecular flexibility index (Phi) is 5.31. The van der Waals surface area contributed by atoms with Gasteiger partial charge in [-0.2, -0.15) is 5.10 Å². The minimum atomic E-state index is -0.117. The quantitative estimate of drug-likeness (QED) is 0.875. The molecular weight excluding hydrogens is 316 g/mol. The first-order chi connectivity index (χ1) is 9.63. The first-order valence-corrected chi connectivity index (χ1v) is 7.84. The Labute approximate surface area is 128 Å². The van der Waals surface area contributed by atoms with Crippen LogP contribution in [-0.2, 0) is 6.42 Å². The number of nitrogens with two attached hydrogens (primary N) is 1. The van der Waals surface area contributed by atoms with Gasteiger partial charge in [-0.15, -0.1) is 0 Å². The van der Waals surface area contributed by atoms with E-state index in [4.69, 9.17) is 5.73 Å². The third kappa shape index (κ3) is 3.67. The van der Waals surface area contributed by atoms with E-state index in [0.29, 0.717) is 12.5 Å². The molecule has 2 rings (SSSR count). The van der Waals surface area contributed by atoms with E-state index in [1.165, 1.54) is 0 Å². The zero-order valence-corrected chi connectivity index (χ0v) is 13.5. The molecule has 1 atom stereocenters. The largest absolute Gasteiger partial charge is 0.322 e. The summed E-state index contributed by atoms with van der Waals surface area (Å²) in [7, 11) is 0. The average molecular weight is 337 g/mol. The smallest absolute Gasteiger partial charge is 0.0644 e. The van der Waals surface area contributed by atoms with Crippen molar-refractivity contribution in [2.45, 2.75) is 45.2 Å². The Morgan fingerprint density at radius 2 is 2.00 bits per heavy atom. The molecule has 108 valence electrons. The van der Waals surface area contributed by atoms with E-state index in [9.17, 15) is 0 Å².